The molecule has 0 saturated heterocycles. The fourth-order valence-corrected chi connectivity index (χ4v) is 2.34. The number of likely N-dealkylation sites (N-methyl/N-ethyl adjacent to an activating group) is 1. The first-order valence-electron chi connectivity index (χ1n) is 5.70. The van der Waals surface area contributed by atoms with E-state index in [0.29, 0.717) is 5.92 Å². The Labute approximate surface area is 91.5 Å². The summed E-state index contributed by atoms with van der Waals surface area (Å²) in [6.45, 7) is 8.40. The largest absolute Gasteiger partial charge is 0.389 e. The third-order valence-corrected chi connectivity index (χ3v) is 3.28. The van der Waals surface area contributed by atoms with Gasteiger partial charge in [-0.15, -0.1) is 0 Å². The number of aliphatic hydroxyl groups is 1. The van der Waals surface area contributed by atoms with Crippen LogP contribution in [0.5, 0.6) is 0 Å². The second-order valence-electron chi connectivity index (χ2n) is 4.43. The van der Waals surface area contributed by atoms with E-state index in [1.807, 2.05) is 13.0 Å². The topological polar surface area (TPSA) is 23.5 Å². The van der Waals surface area contributed by atoms with E-state index in [2.05, 4.69) is 30.9 Å². The Hall–Kier alpha value is -1.02. The zero-order chi connectivity index (χ0) is 11.0. The zero-order valence-corrected chi connectivity index (χ0v) is 9.70. The highest BCUT2D eigenvalue weighted by Gasteiger charge is 2.24. The van der Waals surface area contributed by atoms with E-state index in [1.54, 1.807) is 0 Å². The summed E-state index contributed by atoms with van der Waals surface area (Å²) in [7, 11) is 0. The van der Waals surface area contributed by atoms with Crippen molar-refractivity contribution in [1.29, 1.82) is 0 Å². The summed E-state index contributed by atoms with van der Waals surface area (Å²) in [6.07, 6.45) is -0.370. The number of aliphatic hydroxyl groups excluding tert-OH is 1. The number of hydrogen-bond donors (Lipinski definition) is 1. The zero-order valence-electron chi connectivity index (χ0n) is 9.70. The molecule has 1 aliphatic rings. The van der Waals surface area contributed by atoms with Gasteiger partial charge in [-0.2, -0.15) is 0 Å². The molecule has 15 heavy (non-hydrogen) atoms. The Bertz CT molecular complexity index is 360. The summed E-state index contributed by atoms with van der Waals surface area (Å²) >= 11 is 0. The molecule has 0 saturated carbocycles. The predicted octanol–water partition coefficient (Wildman–Crippen LogP) is 2.68. The van der Waals surface area contributed by atoms with E-state index in [9.17, 15) is 5.11 Å². The standard InChI is InChI=1S/C13H19NO/c1-4-14-8-9(2)12-6-5-11(10(3)15)7-13(12)14/h5-7,9-10,15H,4,8H2,1-3H3. The molecule has 0 aromatic heterocycles. The van der Waals surface area contributed by atoms with Crippen LogP contribution in [-0.2, 0) is 0 Å². The van der Waals surface area contributed by atoms with Crippen LogP contribution in [0.4, 0.5) is 5.69 Å². The van der Waals surface area contributed by atoms with E-state index in [1.165, 1.54) is 11.3 Å². The number of hydrogen-bond acceptors (Lipinski definition) is 2. The van der Waals surface area contributed by atoms with Gasteiger partial charge in [-0.1, -0.05) is 19.1 Å². The van der Waals surface area contributed by atoms with Crippen LogP contribution in [0.15, 0.2) is 18.2 Å². The summed E-state index contributed by atoms with van der Waals surface area (Å²) in [5.41, 5.74) is 3.74. The molecule has 0 bridgehead atoms. The molecule has 2 nitrogen and oxygen atoms in total. The van der Waals surface area contributed by atoms with Crippen LogP contribution >= 0.6 is 0 Å². The molecule has 0 spiro atoms. The lowest BCUT2D eigenvalue weighted by atomic mass is 10.0. The number of rotatable bonds is 2. The summed E-state index contributed by atoms with van der Waals surface area (Å²) in [5.74, 6) is 0.614. The SMILES string of the molecule is CCN1CC(C)c2ccc(C(C)O)cc21. The second-order valence-corrected chi connectivity index (χ2v) is 4.43. The maximum Gasteiger partial charge on any atom is 0.0762 e. The van der Waals surface area contributed by atoms with Gasteiger partial charge in [-0.25, -0.2) is 0 Å². The minimum Gasteiger partial charge on any atom is -0.389 e. The van der Waals surface area contributed by atoms with E-state index in [0.717, 1.165) is 18.7 Å². The van der Waals surface area contributed by atoms with Crippen molar-refractivity contribution in [3.8, 4) is 0 Å². The van der Waals surface area contributed by atoms with Crippen LogP contribution in [0.3, 0.4) is 0 Å². The average molecular weight is 205 g/mol. The van der Waals surface area contributed by atoms with Crippen molar-refractivity contribution in [2.75, 3.05) is 18.0 Å². The van der Waals surface area contributed by atoms with Gasteiger partial charge in [-0.3, -0.25) is 0 Å². The molecule has 0 radical (unpaired) electrons. The summed E-state index contributed by atoms with van der Waals surface area (Å²) in [6, 6.07) is 6.34. The van der Waals surface area contributed by atoms with Gasteiger partial charge < -0.3 is 10.0 Å². The van der Waals surface area contributed by atoms with E-state index in [4.69, 9.17) is 0 Å². The first kappa shape index (κ1) is 10.5. The maximum atomic E-state index is 9.56. The van der Waals surface area contributed by atoms with Gasteiger partial charge in [0.1, 0.15) is 0 Å². The van der Waals surface area contributed by atoms with Crippen LogP contribution in [-0.4, -0.2) is 18.2 Å². The molecule has 0 aliphatic carbocycles. The molecule has 1 heterocycles. The third-order valence-electron chi connectivity index (χ3n) is 3.28. The van der Waals surface area contributed by atoms with E-state index < -0.39 is 0 Å². The molecule has 0 amide bonds. The van der Waals surface area contributed by atoms with Crippen molar-refractivity contribution < 1.29 is 5.11 Å². The molecule has 1 aromatic rings. The minimum atomic E-state index is -0.370. The van der Waals surface area contributed by atoms with E-state index >= 15 is 0 Å². The lowest BCUT2D eigenvalue weighted by molar-refractivity contribution is 0.199. The fourth-order valence-electron chi connectivity index (χ4n) is 2.34. The van der Waals surface area contributed by atoms with Crippen LogP contribution in [0.1, 0.15) is 43.9 Å². The molecule has 0 fully saturated rings. The molecule has 1 aromatic carbocycles. The molecule has 2 unspecified atom stereocenters. The van der Waals surface area contributed by atoms with Crippen molar-refractivity contribution in [1.82, 2.24) is 0 Å². The van der Waals surface area contributed by atoms with Crippen LogP contribution in [0, 0.1) is 0 Å². The smallest absolute Gasteiger partial charge is 0.0762 e. The number of benzene rings is 1. The Morgan fingerprint density at radius 2 is 2.27 bits per heavy atom. The van der Waals surface area contributed by atoms with Gasteiger partial charge in [0.05, 0.1) is 6.10 Å². The van der Waals surface area contributed by atoms with Crippen LogP contribution in [0.2, 0.25) is 0 Å². The van der Waals surface area contributed by atoms with Gasteiger partial charge in [0.25, 0.3) is 0 Å². The predicted molar refractivity (Wildman–Crippen MR) is 63.4 cm³/mol. The van der Waals surface area contributed by atoms with Gasteiger partial charge in [-0.05, 0) is 31.0 Å². The van der Waals surface area contributed by atoms with E-state index in [-0.39, 0.29) is 6.10 Å². The van der Waals surface area contributed by atoms with Crippen molar-refractivity contribution in [3.63, 3.8) is 0 Å². The Morgan fingerprint density at radius 1 is 1.53 bits per heavy atom. The highest BCUT2D eigenvalue weighted by Crippen LogP contribution is 2.37. The molecule has 1 N–H and O–H groups in total. The normalized spacial score (nSPS) is 21.6. The number of anilines is 1. The minimum absolute atomic E-state index is 0.370. The van der Waals surface area contributed by atoms with Crippen LogP contribution in [0.25, 0.3) is 0 Å². The quantitative estimate of drug-likeness (QED) is 0.802. The highest BCUT2D eigenvalue weighted by molar-refractivity contribution is 5.61. The Kier molecular flexibility index (Phi) is 2.70. The maximum absolute atomic E-state index is 9.56. The lowest BCUT2D eigenvalue weighted by Gasteiger charge is -2.18. The molecule has 1 aliphatic heterocycles. The van der Waals surface area contributed by atoms with Crippen molar-refractivity contribution in [2.45, 2.75) is 32.8 Å². The molecule has 2 rings (SSSR count). The van der Waals surface area contributed by atoms with Crippen molar-refractivity contribution in [2.24, 2.45) is 0 Å². The fraction of sp³-hybridized carbons (Fsp3) is 0.538. The number of nitrogens with zero attached hydrogens (tertiary/aromatic N) is 1. The molecular weight excluding hydrogens is 186 g/mol. The monoisotopic (exact) mass is 205 g/mol. The summed E-state index contributed by atoms with van der Waals surface area (Å²) < 4.78 is 0. The Morgan fingerprint density at radius 3 is 2.87 bits per heavy atom. The first-order chi connectivity index (χ1) is 7.13. The van der Waals surface area contributed by atoms with Crippen LogP contribution < -0.4 is 4.90 Å². The van der Waals surface area contributed by atoms with Crippen molar-refractivity contribution >= 4 is 5.69 Å². The van der Waals surface area contributed by atoms with Crippen molar-refractivity contribution in [3.05, 3.63) is 29.3 Å². The molecule has 2 heteroatoms. The first-order valence-corrected chi connectivity index (χ1v) is 5.70. The number of fused-ring (bicyclic) bond motifs is 1. The third kappa shape index (κ3) is 1.74. The Balaban J connectivity index is 2.42. The second kappa shape index (κ2) is 3.86. The summed E-state index contributed by atoms with van der Waals surface area (Å²) in [4.78, 5) is 2.38. The molecule has 82 valence electrons. The molecular formula is C13H19NO. The van der Waals surface area contributed by atoms with Gasteiger partial charge in [0.15, 0.2) is 0 Å². The van der Waals surface area contributed by atoms with Gasteiger partial charge in [0, 0.05) is 24.7 Å². The van der Waals surface area contributed by atoms with Gasteiger partial charge in [0.2, 0.25) is 0 Å². The molecule has 2 atom stereocenters. The average Bonchev–Trinajstić information content (AvgIpc) is 2.55. The van der Waals surface area contributed by atoms with Gasteiger partial charge >= 0.3 is 0 Å². The lowest BCUT2D eigenvalue weighted by Crippen LogP contribution is -2.20. The highest BCUT2D eigenvalue weighted by atomic mass is 16.3. The summed E-state index contributed by atoms with van der Waals surface area (Å²) in [5, 5.41) is 9.56.